The molecule has 0 amide bonds. The molecule has 3 aromatic heterocycles. The summed E-state index contributed by atoms with van der Waals surface area (Å²) in [6.07, 6.45) is 3.25. The summed E-state index contributed by atoms with van der Waals surface area (Å²) >= 11 is 0. The number of benzene rings is 1. The predicted molar refractivity (Wildman–Crippen MR) is 109 cm³/mol. The Hall–Kier alpha value is -3.20. The van der Waals surface area contributed by atoms with Gasteiger partial charge in [-0.2, -0.15) is 4.98 Å². The molecule has 9 nitrogen and oxygen atoms in total. The molecule has 0 unspecified atom stereocenters. The lowest BCUT2D eigenvalue weighted by Gasteiger charge is -2.41. The zero-order chi connectivity index (χ0) is 20.2. The van der Waals surface area contributed by atoms with Gasteiger partial charge in [-0.05, 0) is 50.5 Å². The molecule has 0 saturated heterocycles. The highest BCUT2D eigenvalue weighted by Crippen LogP contribution is 2.35. The lowest BCUT2D eigenvalue weighted by molar-refractivity contribution is -0.0236. The van der Waals surface area contributed by atoms with Gasteiger partial charge in [0.2, 0.25) is 11.8 Å². The fourth-order valence-corrected chi connectivity index (χ4v) is 4.08. The largest absolute Gasteiger partial charge is 0.479 e. The van der Waals surface area contributed by atoms with Crippen molar-refractivity contribution in [3.63, 3.8) is 0 Å². The van der Waals surface area contributed by atoms with Crippen LogP contribution in [0, 0.1) is 0 Å². The molecular weight excluding hydrogens is 370 g/mol. The van der Waals surface area contributed by atoms with Crippen LogP contribution < -0.4 is 10.1 Å². The molecule has 1 aliphatic carbocycles. The first-order valence-electron chi connectivity index (χ1n) is 9.73. The van der Waals surface area contributed by atoms with Gasteiger partial charge in [-0.25, -0.2) is 9.20 Å². The summed E-state index contributed by atoms with van der Waals surface area (Å²) in [5.41, 5.74) is 4.05. The lowest BCUT2D eigenvalue weighted by Crippen LogP contribution is -2.48. The second-order valence-corrected chi connectivity index (χ2v) is 7.82. The SMILES string of the molecule is CCn1nnc2ccc(-c3ccn4nc(NC5CC(C)(O)C5)nc(OC)c34)cc21. The molecule has 1 fully saturated rings. The van der Waals surface area contributed by atoms with Gasteiger partial charge in [0, 0.05) is 24.3 Å². The maximum atomic E-state index is 9.94. The number of fused-ring (bicyclic) bond motifs is 2. The van der Waals surface area contributed by atoms with Crippen LogP contribution in [-0.2, 0) is 6.54 Å². The van der Waals surface area contributed by atoms with E-state index < -0.39 is 5.60 Å². The first kappa shape index (κ1) is 17.9. The number of hydrogen-bond donors (Lipinski definition) is 2. The smallest absolute Gasteiger partial charge is 0.244 e. The summed E-state index contributed by atoms with van der Waals surface area (Å²) in [6, 6.07) is 8.24. The van der Waals surface area contributed by atoms with Crippen molar-refractivity contribution < 1.29 is 9.84 Å². The zero-order valence-corrected chi connectivity index (χ0v) is 16.6. The molecule has 4 aromatic rings. The Kier molecular flexibility index (Phi) is 3.95. The number of aromatic nitrogens is 6. The zero-order valence-electron chi connectivity index (χ0n) is 16.6. The van der Waals surface area contributed by atoms with Crippen LogP contribution >= 0.6 is 0 Å². The van der Waals surface area contributed by atoms with E-state index in [0.29, 0.717) is 24.7 Å². The highest BCUT2D eigenvalue weighted by molar-refractivity contribution is 5.89. The molecule has 0 aliphatic heterocycles. The van der Waals surface area contributed by atoms with Gasteiger partial charge < -0.3 is 15.2 Å². The molecule has 29 heavy (non-hydrogen) atoms. The van der Waals surface area contributed by atoms with Crippen LogP contribution in [0.1, 0.15) is 26.7 Å². The minimum Gasteiger partial charge on any atom is -0.479 e. The predicted octanol–water partition coefficient (Wildman–Crippen LogP) is 2.49. The number of methoxy groups -OCH3 is 1. The quantitative estimate of drug-likeness (QED) is 0.537. The molecular formula is C20H23N7O2. The Bertz CT molecular complexity index is 1200. The number of anilines is 1. The Balaban J connectivity index is 1.55. The average Bonchev–Trinajstić information content (AvgIpc) is 3.29. The Morgan fingerprint density at radius 2 is 2.14 bits per heavy atom. The standard InChI is InChI=1S/C20H23N7O2/c1-4-26-16-9-12(5-6-15(16)23-25-26)14-7-8-27-17(14)18(29-3)22-19(24-27)21-13-10-20(2,28)11-13/h5-9,13,28H,4,10-11H2,1-3H3,(H,21,24). The summed E-state index contributed by atoms with van der Waals surface area (Å²) in [4.78, 5) is 4.56. The molecule has 150 valence electrons. The van der Waals surface area contributed by atoms with Crippen LogP contribution in [0.25, 0.3) is 27.7 Å². The van der Waals surface area contributed by atoms with Crippen molar-refractivity contribution in [2.45, 2.75) is 44.9 Å². The number of ether oxygens (including phenoxy) is 1. The van der Waals surface area contributed by atoms with Crippen LogP contribution in [0.5, 0.6) is 5.88 Å². The minimum absolute atomic E-state index is 0.159. The number of hydrogen-bond acceptors (Lipinski definition) is 7. The normalized spacial score (nSPS) is 21.4. The van der Waals surface area contributed by atoms with Crippen molar-refractivity contribution in [1.29, 1.82) is 0 Å². The summed E-state index contributed by atoms with van der Waals surface area (Å²) in [6.45, 7) is 4.64. The average molecular weight is 393 g/mol. The van der Waals surface area contributed by atoms with Crippen molar-refractivity contribution in [3.8, 4) is 17.0 Å². The second kappa shape index (κ2) is 6.41. The van der Waals surface area contributed by atoms with Gasteiger partial charge in [-0.3, -0.25) is 0 Å². The van der Waals surface area contributed by atoms with E-state index in [1.807, 2.05) is 42.9 Å². The van der Waals surface area contributed by atoms with E-state index in [4.69, 9.17) is 4.74 Å². The van der Waals surface area contributed by atoms with E-state index in [-0.39, 0.29) is 6.04 Å². The van der Waals surface area contributed by atoms with Crippen molar-refractivity contribution >= 4 is 22.5 Å². The Morgan fingerprint density at radius 1 is 1.31 bits per heavy atom. The van der Waals surface area contributed by atoms with Crippen molar-refractivity contribution in [1.82, 2.24) is 29.6 Å². The molecule has 1 aliphatic rings. The monoisotopic (exact) mass is 393 g/mol. The Labute approximate surface area is 167 Å². The minimum atomic E-state index is -0.606. The fraction of sp³-hybridized carbons (Fsp3) is 0.400. The topological polar surface area (TPSA) is 102 Å². The number of aliphatic hydroxyl groups is 1. The second-order valence-electron chi connectivity index (χ2n) is 7.82. The van der Waals surface area contributed by atoms with Crippen molar-refractivity contribution in [2.24, 2.45) is 0 Å². The van der Waals surface area contributed by atoms with E-state index in [0.717, 1.165) is 34.2 Å². The Morgan fingerprint density at radius 3 is 2.86 bits per heavy atom. The van der Waals surface area contributed by atoms with E-state index in [2.05, 4.69) is 31.8 Å². The van der Waals surface area contributed by atoms with Gasteiger partial charge >= 0.3 is 0 Å². The van der Waals surface area contributed by atoms with Crippen molar-refractivity contribution in [2.75, 3.05) is 12.4 Å². The highest BCUT2D eigenvalue weighted by atomic mass is 16.5. The molecule has 9 heteroatoms. The highest BCUT2D eigenvalue weighted by Gasteiger charge is 2.38. The third kappa shape index (κ3) is 2.98. The summed E-state index contributed by atoms with van der Waals surface area (Å²) < 4.78 is 9.24. The van der Waals surface area contributed by atoms with Crippen LogP contribution in [0.15, 0.2) is 30.5 Å². The third-order valence-electron chi connectivity index (χ3n) is 5.50. The van der Waals surface area contributed by atoms with Gasteiger partial charge in [-0.1, -0.05) is 11.3 Å². The number of rotatable bonds is 5. The lowest BCUT2D eigenvalue weighted by atomic mass is 9.77. The van der Waals surface area contributed by atoms with Crippen LogP contribution in [-0.4, -0.2) is 53.5 Å². The van der Waals surface area contributed by atoms with Gasteiger partial charge in [0.1, 0.15) is 11.0 Å². The first-order valence-corrected chi connectivity index (χ1v) is 9.73. The van der Waals surface area contributed by atoms with Gasteiger partial charge in [0.25, 0.3) is 0 Å². The first-order chi connectivity index (χ1) is 14.0. The number of nitrogens with one attached hydrogen (secondary N) is 1. The molecule has 1 saturated carbocycles. The molecule has 0 atom stereocenters. The van der Waals surface area contributed by atoms with E-state index in [1.165, 1.54) is 0 Å². The molecule has 0 bridgehead atoms. The molecule has 3 heterocycles. The van der Waals surface area contributed by atoms with Crippen LogP contribution in [0.2, 0.25) is 0 Å². The van der Waals surface area contributed by atoms with E-state index >= 15 is 0 Å². The number of aryl methyl sites for hydroxylation is 1. The van der Waals surface area contributed by atoms with Crippen molar-refractivity contribution in [3.05, 3.63) is 30.5 Å². The summed E-state index contributed by atoms with van der Waals surface area (Å²) in [5, 5.41) is 26.2. The maximum Gasteiger partial charge on any atom is 0.244 e. The van der Waals surface area contributed by atoms with E-state index in [9.17, 15) is 5.11 Å². The molecule has 1 aromatic carbocycles. The fourth-order valence-electron chi connectivity index (χ4n) is 4.08. The number of nitrogens with zero attached hydrogens (tertiary/aromatic N) is 6. The van der Waals surface area contributed by atoms with Gasteiger partial charge in [-0.15, -0.1) is 10.2 Å². The van der Waals surface area contributed by atoms with Crippen LogP contribution in [0.3, 0.4) is 0 Å². The van der Waals surface area contributed by atoms with Crippen LogP contribution in [0.4, 0.5) is 5.95 Å². The molecule has 5 rings (SSSR count). The summed E-state index contributed by atoms with van der Waals surface area (Å²) in [5.74, 6) is 0.983. The van der Waals surface area contributed by atoms with E-state index in [1.54, 1.807) is 11.6 Å². The molecule has 0 spiro atoms. The molecule has 0 radical (unpaired) electrons. The molecule has 2 N–H and O–H groups in total. The maximum absolute atomic E-state index is 9.94. The third-order valence-corrected chi connectivity index (χ3v) is 5.50. The van der Waals surface area contributed by atoms with Gasteiger partial charge in [0.05, 0.1) is 18.2 Å². The summed E-state index contributed by atoms with van der Waals surface area (Å²) in [7, 11) is 1.61. The van der Waals surface area contributed by atoms with Gasteiger partial charge in [0.15, 0.2) is 0 Å².